The molecule has 3 heterocycles. The highest BCUT2D eigenvalue weighted by Crippen LogP contribution is 2.34. The summed E-state index contributed by atoms with van der Waals surface area (Å²) in [6.45, 7) is 10.0. The fourth-order valence-electron chi connectivity index (χ4n) is 4.19. The zero-order valence-electron chi connectivity index (χ0n) is 17.4. The number of carbonyl (C=O) groups is 2. The number of urea groups is 1. The standard InChI is InChI=1S/C21H33N5O2/c1-15(2)18-19(27)26(12-8-17-7-5-6-11-22-17)21(24-18)9-13-25(14-10-21)20(28)23-16(3)4/h5-7,11,15-16,18,24H,8-10,12-14H2,1-4H3,(H,23,28). The fourth-order valence-corrected chi connectivity index (χ4v) is 4.19. The molecule has 3 rings (SSSR count). The molecule has 0 radical (unpaired) electrons. The Morgan fingerprint density at radius 2 is 2.00 bits per heavy atom. The highest BCUT2D eigenvalue weighted by Gasteiger charge is 2.52. The minimum absolute atomic E-state index is 0.0189. The predicted molar refractivity (Wildman–Crippen MR) is 109 cm³/mol. The Morgan fingerprint density at radius 3 is 2.57 bits per heavy atom. The van der Waals surface area contributed by atoms with Gasteiger partial charge in [-0.2, -0.15) is 0 Å². The highest BCUT2D eigenvalue weighted by molar-refractivity contribution is 5.85. The maximum atomic E-state index is 13.2. The first kappa shape index (κ1) is 20.6. The van der Waals surface area contributed by atoms with Crippen molar-refractivity contribution in [3.8, 4) is 0 Å². The van der Waals surface area contributed by atoms with Gasteiger partial charge in [0.25, 0.3) is 0 Å². The van der Waals surface area contributed by atoms with Gasteiger partial charge >= 0.3 is 6.03 Å². The number of nitrogens with zero attached hydrogens (tertiary/aromatic N) is 3. The molecule has 0 saturated carbocycles. The first-order chi connectivity index (χ1) is 13.3. The SMILES string of the molecule is CC(C)NC(=O)N1CCC2(CC1)NC(C(C)C)C(=O)N2CCc1ccccn1. The first-order valence-corrected chi connectivity index (χ1v) is 10.4. The van der Waals surface area contributed by atoms with Gasteiger partial charge in [0.1, 0.15) is 0 Å². The van der Waals surface area contributed by atoms with E-state index >= 15 is 0 Å². The molecule has 0 bridgehead atoms. The van der Waals surface area contributed by atoms with Crippen LogP contribution in [0, 0.1) is 5.92 Å². The number of amides is 3. The van der Waals surface area contributed by atoms with Crippen molar-refractivity contribution in [3.05, 3.63) is 30.1 Å². The van der Waals surface area contributed by atoms with Crippen LogP contribution in [0.25, 0.3) is 0 Å². The minimum atomic E-state index is -0.366. The third-order valence-corrected chi connectivity index (χ3v) is 5.75. The van der Waals surface area contributed by atoms with Gasteiger partial charge in [-0.15, -0.1) is 0 Å². The van der Waals surface area contributed by atoms with Crippen LogP contribution in [-0.2, 0) is 11.2 Å². The lowest BCUT2D eigenvalue weighted by Crippen LogP contribution is -2.61. The fraction of sp³-hybridized carbons (Fsp3) is 0.667. The molecule has 7 nitrogen and oxygen atoms in total. The second kappa shape index (κ2) is 8.47. The van der Waals surface area contributed by atoms with Crippen molar-refractivity contribution in [2.45, 2.75) is 64.7 Å². The predicted octanol–water partition coefficient (Wildman–Crippen LogP) is 1.99. The quantitative estimate of drug-likeness (QED) is 0.810. The van der Waals surface area contributed by atoms with Gasteiger partial charge in [0.15, 0.2) is 0 Å². The van der Waals surface area contributed by atoms with Crippen LogP contribution in [0.5, 0.6) is 0 Å². The molecule has 1 aromatic rings. The van der Waals surface area contributed by atoms with Crippen LogP contribution in [0.3, 0.4) is 0 Å². The molecule has 7 heteroatoms. The van der Waals surface area contributed by atoms with E-state index in [9.17, 15) is 9.59 Å². The second-order valence-electron chi connectivity index (χ2n) is 8.55. The number of carbonyl (C=O) groups excluding carboxylic acids is 2. The van der Waals surface area contributed by atoms with E-state index < -0.39 is 0 Å². The second-order valence-corrected chi connectivity index (χ2v) is 8.55. The number of hydrogen-bond donors (Lipinski definition) is 2. The molecule has 2 N–H and O–H groups in total. The van der Waals surface area contributed by atoms with Crippen LogP contribution in [0.2, 0.25) is 0 Å². The largest absolute Gasteiger partial charge is 0.336 e. The summed E-state index contributed by atoms with van der Waals surface area (Å²) in [6, 6.07) is 5.81. The molecule has 2 aliphatic heterocycles. The number of nitrogens with one attached hydrogen (secondary N) is 2. The number of rotatable bonds is 5. The number of piperidine rings is 1. The summed E-state index contributed by atoms with van der Waals surface area (Å²) in [6.07, 6.45) is 4.02. The van der Waals surface area contributed by atoms with E-state index in [2.05, 4.69) is 29.5 Å². The van der Waals surface area contributed by atoms with Gasteiger partial charge in [0.05, 0.1) is 11.7 Å². The van der Waals surface area contributed by atoms with Crippen molar-refractivity contribution in [2.75, 3.05) is 19.6 Å². The van der Waals surface area contributed by atoms with Crippen LogP contribution in [0.4, 0.5) is 4.79 Å². The molecule has 154 valence electrons. The lowest BCUT2D eigenvalue weighted by molar-refractivity contribution is -0.133. The smallest absolute Gasteiger partial charge is 0.317 e. The van der Waals surface area contributed by atoms with Crippen LogP contribution in [0.15, 0.2) is 24.4 Å². The minimum Gasteiger partial charge on any atom is -0.336 e. The molecule has 2 fully saturated rings. The van der Waals surface area contributed by atoms with Gasteiger partial charge in [-0.05, 0) is 31.9 Å². The topological polar surface area (TPSA) is 77.6 Å². The van der Waals surface area contributed by atoms with Gasteiger partial charge in [-0.1, -0.05) is 19.9 Å². The summed E-state index contributed by atoms with van der Waals surface area (Å²) >= 11 is 0. The monoisotopic (exact) mass is 387 g/mol. The van der Waals surface area contributed by atoms with Crippen molar-refractivity contribution >= 4 is 11.9 Å². The lowest BCUT2D eigenvalue weighted by Gasteiger charge is -2.44. The van der Waals surface area contributed by atoms with Gasteiger partial charge in [-0.25, -0.2) is 4.79 Å². The summed E-state index contributed by atoms with van der Waals surface area (Å²) in [5, 5.41) is 6.60. The van der Waals surface area contributed by atoms with E-state index in [1.54, 1.807) is 6.20 Å². The van der Waals surface area contributed by atoms with Crippen LogP contribution < -0.4 is 10.6 Å². The van der Waals surface area contributed by atoms with Crippen LogP contribution >= 0.6 is 0 Å². The average Bonchev–Trinajstić information content (AvgIpc) is 2.93. The Balaban J connectivity index is 1.71. The molecule has 2 aliphatic rings. The molecule has 28 heavy (non-hydrogen) atoms. The molecule has 2 saturated heterocycles. The third kappa shape index (κ3) is 4.29. The summed E-state index contributed by atoms with van der Waals surface area (Å²) < 4.78 is 0. The van der Waals surface area contributed by atoms with E-state index in [1.807, 2.05) is 41.8 Å². The Kier molecular flexibility index (Phi) is 6.23. The lowest BCUT2D eigenvalue weighted by atomic mass is 9.95. The molecule has 3 amide bonds. The molecule has 0 aromatic carbocycles. The Hall–Kier alpha value is -2.15. The average molecular weight is 388 g/mol. The number of pyridine rings is 1. The number of hydrogen-bond acceptors (Lipinski definition) is 4. The molecular formula is C21H33N5O2. The summed E-state index contributed by atoms with van der Waals surface area (Å²) in [5.74, 6) is 0.400. The molecular weight excluding hydrogens is 354 g/mol. The zero-order chi connectivity index (χ0) is 20.3. The van der Waals surface area contributed by atoms with Crippen molar-refractivity contribution in [1.29, 1.82) is 0 Å². The van der Waals surface area contributed by atoms with Crippen molar-refractivity contribution < 1.29 is 9.59 Å². The van der Waals surface area contributed by atoms with Crippen molar-refractivity contribution in [1.82, 2.24) is 25.4 Å². The van der Waals surface area contributed by atoms with Gasteiger partial charge < -0.3 is 15.1 Å². The third-order valence-electron chi connectivity index (χ3n) is 5.75. The normalized spacial score (nSPS) is 21.8. The summed E-state index contributed by atoms with van der Waals surface area (Å²) in [5.41, 5.74) is 0.627. The highest BCUT2D eigenvalue weighted by atomic mass is 16.2. The van der Waals surface area contributed by atoms with Gasteiger partial charge in [0.2, 0.25) is 5.91 Å². The van der Waals surface area contributed by atoms with Gasteiger partial charge in [0, 0.05) is 56.8 Å². The molecule has 0 aliphatic carbocycles. The summed E-state index contributed by atoms with van der Waals surface area (Å²) in [4.78, 5) is 33.8. The molecule has 1 atom stereocenters. The van der Waals surface area contributed by atoms with Gasteiger partial charge in [-0.3, -0.25) is 15.1 Å². The molecule has 1 aromatic heterocycles. The van der Waals surface area contributed by atoms with Crippen LogP contribution in [-0.4, -0.2) is 64.1 Å². The molecule has 1 unspecified atom stereocenters. The Morgan fingerprint density at radius 1 is 1.29 bits per heavy atom. The maximum absolute atomic E-state index is 13.2. The van der Waals surface area contributed by atoms with E-state index in [-0.39, 0.29) is 35.6 Å². The van der Waals surface area contributed by atoms with Crippen LogP contribution in [0.1, 0.15) is 46.2 Å². The Bertz CT molecular complexity index is 683. The van der Waals surface area contributed by atoms with Crippen molar-refractivity contribution in [2.24, 2.45) is 5.92 Å². The van der Waals surface area contributed by atoms with Crippen molar-refractivity contribution in [3.63, 3.8) is 0 Å². The van der Waals surface area contributed by atoms with E-state index in [0.29, 0.717) is 19.6 Å². The van der Waals surface area contributed by atoms with E-state index in [0.717, 1.165) is 25.0 Å². The number of likely N-dealkylation sites (tertiary alicyclic amines) is 1. The van der Waals surface area contributed by atoms with E-state index in [1.165, 1.54) is 0 Å². The maximum Gasteiger partial charge on any atom is 0.317 e. The Labute approximate surface area is 167 Å². The first-order valence-electron chi connectivity index (χ1n) is 10.4. The number of aromatic nitrogens is 1. The zero-order valence-corrected chi connectivity index (χ0v) is 17.4. The molecule has 1 spiro atoms. The van der Waals surface area contributed by atoms with E-state index in [4.69, 9.17) is 0 Å². The summed E-state index contributed by atoms with van der Waals surface area (Å²) in [7, 11) is 0.